The fourth-order valence-corrected chi connectivity index (χ4v) is 4.84. The zero-order chi connectivity index (χ0) is 20.2. The Kier molecular flexibility index (Phi) is 6.86. The molecular formula is C19H27NO6S. The summed E-state index contributed by atoms with van der Waals surface area (Å²) in [5, 5.41) is 0. The van der Waals surface area contributed by atoms with Crippen molar-refractivity contribution in [2.45, 2.75) is 33.2 Å². The average Bonchev–Trinajstić information content (AvgIpc) is 2.97. The van der Waals surface area contributed by atoms with Crippen LogP contribution >= 0.6 is 0 Å². The standard InChI is InChI=1S/C19H27NO6S/c1-13(2)10-20(16-7-8-27(23,24)12-16)18(21)11-26-19(22)15-6-5-14(3)17(9-15)25-4/h5-6,9,13,16H,7-8,10-12H2,1-4H3/t16-/m0/s1. The summed E-state index contributed by atoms with van der Waals surface area (Å²) in [5.41, 5.74) is 1.18. The number of nitrogens with zero attached hydrogens (tertiary/aromatic N) is 1. The van der Waals surface area contributed by atoms with Crippen LogP contribution in [0.2, 0.25) is 0 Å². The van der Waals surface area contributed by atoms with Crippen LogP contribution < -0.4 is 4.74 Å². The molecular weight excluding hydrogens is 370 g/mol. The van der Waals surface area contributed by atoms with Gasteiger partial charge in [-0.05, 0) is 37.0 Å². The molecule has 0 aromatic heterocycles. The second-order valence-electron chi connectivity index (χ2n) is 7.26. The monoisotopic (exact) mass is 397 g/mol. The molecule has 1 aliphatic rings. The van der Waals surface area contributed by atoms with Crippen LogP contribution in [-0.4, -0.2) is 63.0 Å². The highest BCUT2D eigenvalue weighted by Crippen LogP contribution is 2.21. The minimum absolute atomic E-state index is 0.0332. The smallest absolute Gasteiger partial charge is 0.338 e. The van der Waals surface area contributed by atoms with Crippen molar-refractivity contribution in [1.29, 1.82) is 0 Å². The van der Waals surface area contributed by atoms with E-state index in [-0.39, 0.29) is 29.4 Å². The number of methoxy groups -OCH3 is 1. The van der Waals surface area contributed by atoms with E-state index in [1.54, 1.807) is 18.2 Å². The van der Waals surface area contributed by atoms with Gasteiger partial charge in [-0.15, -0.1) is 0 Å². The molecule has 1 saturated heterocycles. The van der Waals surface area contributed by atoms with Gasteiger partial charge >= 0.3 is 5.97 Å². The van der Waals surface area contributed by atoms with Gasteiger partial charge in [0.05, 0.1) is 24.2 Å². The van der Waals surface area contributed by atoms with Crippen LogP contribution in [0.1, 0.15) is 36.2 Å². The molecule has 7 nitrogen and oxygen atoms in total. The van der Waals surface area contributed by atoms with Gasteiger partial charge < -0.3 is 14.4 Å². The first-order chi connectivity index (χ1) is 12.6. The Morgan fingerprint density at radius 3 is 2.56 bits per heavy atom. The number of hydrogen-bond acceptors (Lipinski definition) is 6. The van der Waals surface area contributed by atoms with E-state index in [0.717, 1.165) is 5.56 Å². The number of carbonyl (C=O) groups excluding carboxylic acids is 2. The van der Waals surface area contributed by atoms with Crippen molar-refractivity contribution in [3.05, 3.63) is 29.3 Å². The van der Waals surface area contributed by atoms with Crippen molar-refractivity contribution in [2.75, 3.05) is 31.8 Å². The second kappa shape index (κ2) is 8.73. The molecule has 2 rings (SSSR count). The summed E-state index contributed by atoms with van der Waals surface area (Å²) >= 11 is 0. The maximum atomic E-state index is 12.6. The van der Waals surface area contributed by atoms with Gasteiger partial charge in [-0.3, -0.25) is 4.79 Å². The third-order valence-electron chi connectivity index (χ3n) is 4.50. The zero-order valence-corrected chi connectivity index (χ0v) is 17.0. The zero-order valence-electron chi connectivity index (χ0n) is 16.2. The Balaban J connectivity index is 2.03. The summed E-state index contributed by atoms with van der Waals surface area (Å²) in [5.74, 6) is -0.206. The molecule has 0 spiro atoms. The van der Waals surface area contributed by atoms with Gasteiger partial charge in [-0.1, -0.05) is 19.9 Å². The molecule has 0 N–H and O–H groups in total. The fourth-order valence-electron chi connectivity index (χ4n) is 3.11. The lowest BCUT2D eigenvalue weighted by molar-refractivity contribution is -0.137. The predicted octanol–water partition coefficient (Wildman–Crippen LogP) is 1.83. The molecule has 1 aliphatic heterocycles. The minimum Gasteiger partial charge on any atom is -0.496 e. The fraction of sp³-hybridized carbons (Fsp3) is 0.579. The molecule has 0 radical (unpaired) electrons. The molecule has 0 bridgehead atoms. The highest BCUT2D eigenvalue weighted by Gasteiger charge is 2.35. The van der Waals surface area contributed by atoms with Crippen LogP contribution in [0.15, 0.2) is 18.2 Å². The Morgan fingerprint density at radius 2 is 2.00 bits per heavy atom. The van der Waals surface area contributed by atoms with Crippen molar-refractivity contribution < 1.29 is 27.5 Å². The van der Waals surface area contributed by atoms with Gasteiger partial charge in [0.15, 0.2) is 16.4 Å². The molecule has 0 aliphatic carbocycles. The van der Waals surface area contributed by atoms with Crippen LogP contribution in [0.25, 0.3) is 0 Å². The van der Waals surface area contributed by atoms with Gasteiger partial charge in [0, 0.05) is 12.6 Å². The maximum Gasteiger partial charge on any atom is 0.338 e. The van der Waals surface area contributed by atoms with Gasteiger partial charge in [0.25, 0.3) is 5.91 Å². The molecule has 27 heavy (non-hydrogen) atoms. The van der Waals surface area contributed by atoms with Gasteiger partial charge in [0.2, 0.25) is 0 Å². The van der Waals surface area contributed by atoms with E-state index in [4.69, 9.17) is 9.47 Å². The van der Waals surface area contributed by atoms with Gasteiger partial charge in [0.1, 0.15) is 5.75 Å². The third kappa shape index (κ3) is 5.69. The van der Waals surface area contributed by atoms with E-state index < -0.39 is 22.4 Å². The van der Waals surface area contributed by atoms with E-state index >= 15 is 0 Å². The predicted molar refractivity (Wildman–Crippen MR) is 102 cm³/mol. The number of aryl methyl sites for hydroxylation is 1. The number of hydrogen-bond donors (Lipinski definition) is 0. The highest BCUT2D eigenvalue weighted by molar-refractivity contribution is 7.91. The normalized spacial score (nSPS) is 18.3. The molecule has 1 amide bonds. The first-order valence-corrected chi connectivity index (χ1v) is 10.8. The van der Waals surface area contributed by atoms with E-state index in [1.165, 1.54) is 12.0 Å². The topological polar surface area (TPSA) is 90.0 Å². The van der Waals surface area contributed by atoms with Crippen molar-refractivity contribution in [3.8, 4) is 5.75 Å². The van der Waals surface area contributed by atoms with E-state index in [2.05, 4.69) is 0 Å². The highest BCUT2D eigenvalue weighted by atomic mass is 32.2. The lowest BCUT2D eigenvalue weighted by Gasteiger charge is -2.29. The molecule has 1 fully saturated rings. The van der Waals surface area contributed by atoms with Crippen LogP contribution in [0.5, 0.6) is 5.75 Å². The summed E-state index contributed by atoms with van der Waals surface area (Å²) in [6.07, 6.45) is 0.421. The quantitative estimate of drug-likeness (QED) is 0.652. The van der Waals surface area contributed by atoms with Crippen molar-refractivity contribution in [3.63, 3.8) is 0 Å². The SMILES string of the molecule is COc1cc(C(=O)OCC(=O)N(CC(C)C)[C@H]2CCS(=O)(=O)C2)ccc1C. The molecule has 1 aromatic carbocycles. The number of rotatable bonds is 7. The summed E-state index contributed by atoms with van der Waals surface area (Å²) in [7, 11) is -1.60. The molecule has 1 aromatic rings. The summed E-state index contributed by atoms with van der Waals surface area (Å²) in [4.78, 5) is 26.4. The lowest BCUT2D eigenvalue weighted by atomic mass is 10.1. The average molecular weight is 397 g/mol. The number of esters is 1. The minimum atomic E-state index is -3.11. The Hall–Kier alpha value is -2.09. The van der Waals surface area contributed by atoms with Crippen molar-refractivity contribution in [1.82, 2.24) is 4.90 Å². The third-order valence-corrected chi connectivity index (χ3v) is 6.25. The summed E-state index contributed by atoms with van der Waals surface area (Å²) in [6.45, 7) is 5.77. The first kappa shape index (κ1) is 21.2. The van der Waals surface area contributed by atoms with Gasteiger partial charge in [-0.2, -0.15) is 0 Å². The number of amides is 1. The number of carbonyl (C=O) groups is 2. The Bertz CT molecular complexity index is 802. The Labute approximate surface area is 160 Å². The number of sulfone groups is 1. The van der Waals surface area contributed by atoms with Crippen molar-refractivity contribution in [2.24, 2.45) is 5.92 Å². The molecule has 1 atom stereocenters. The molecule has 0 unspecified atom stereocenters. The van der Waals surface area contributed by atoms with Crippen molar-refractivity contribution >= 4 is 21.7 Å². The first-order valence-electron chi connectivity index (χ1n) is 8.94. The molecule has 0 saturated carbocycles. The molecule has 8 heteroatoms. The summed E-state index contributed by atoms with van der Waals surface area (Å²) < 4.78 is 33.9. The number of ether oxygens (including phenoxy) is 2. The largest absolute Gasteiger partial charge is 0.496 e. The van der Waals surface area contributed by atoms with Crippen LogP contribution in [0, 0.1) is 12.8 Å². The van der Waals surface area contributed by atoms with Crippen LogP contribution in [-0.2, 0) is 19.4 Å². The van der Waals surface area contributed by atoms with Crippen LogP contribution in [0.3, 0.4) is 0 Å². The molecule has 150 valence electrons. The molecule has 1 heterocycles. The Morgan fingerprint density at radius 1 is 1.30 bits per heavy atom. The maximum absolute atomic E-state index is 12.6. The van der Waals surface area contributed by atoms with E-state index in [0.29, 0.717) is 24.3 Å². The van der Waals surface area contributed by atoms with Gasteiger partial charge in [-0.25, -0.2) is 13.2 Å². The summed E-state index contributed by atoms with van der Waals surface area (Å²) in [6, 6.07) is 4.56. The second-order valence-corrected chi connectivity index (χ2v) is 9.49. The lowest BCUT2D eigenvalue weighted by Crippen LogP contribution is -2.45. The number of benzene rings is 1. The van der Waals surface area contributed by atoms with E-state index in [9.17, 15) is 18.0 Å². The van der Waals surface area contributed by atoms with Crippen LogP contribution in [0.4, 0.5) is 0 Å². The van der Waals surface area contributed by atoms with E-state index in [1.807, 2.05) is 20.8 Å².